The molecule has 1 rings (SSSR count). The van der Waals surface area contributed by atoms with E-state index in [1.807, 2.05) is 0 Å². The summed E-state index contributed by atoms with van der Waals surface area (Å²) in [5.41, 5.74) is 0. The van der Waals surface area contributed by atoms with Gasteiger partial charge in [0.25, 0.3) is 0 Å². The molecule has 13 heteroatoms. The molecule has 0 amide bonds. The van der Waals surface area contributed by atoms with Crippen molar-refractivity contribution in [2.75, 3.05) is 26.4 Å². The van der Waals surface area contributed by atoms with Crippen molar-refractivity contribution in [1.82, 2.24) is 0 Å². The normalized spacial score (nSPS) is 19.6. The number of carbonyl (C=O) groups excluding carboxylic acids is 1. The molecule has 0 aromatic heterocycles. The molecule has 6 atom stereocenters. The van der Waals surface area contributed by atoms with Crippen LogP contribution in [-0.4, -0.2) is 97.5 Å². The molecule has 0 aliphatic carbocycles. The number of hydrogen-bond acceptors (Lipinski definition) is 11. The molecule has 1 heterocycles. The lowest BCUT2D eigenvalue weighted by Gasteiger charge is -2.41. The third-order valence-corrected chi connectivity index (χ3v) is 12.9. The van der Waals surface area contributed by atoms with Crippen molar-refractivity contribution in [3.63, 3.8) is 0 Å². The molecule has 12 nitrogen and oxygen atoms in total. The van der Waals surface area contributed by atoms with Crippen LogP contribution in [-0.2, 0) is 38.3 Å². The van der Waals surface area contributed by atoms with Crippen LogP contribution in [0.4, 0.5) is 0 Å². The number of hydrogen-bond donors (Lipinski definition) is 4. The first-order valence-corrected chi connectivity index (χ1v) is 28.8. The van der Waals surface area contributed by atoms with Gasteiger partial charge in [-0.2, -0.15) is 8.42 Å². The van der Waals surface area contributed by atoms with E-state index in [1.54, 1.807) is 0 Å². The molecule has 0 spiro atoms. The summed E-state index contributed by atoms with van der Waals surface area (Å²) in [6, 6.07) is 0. The summed E-state index contributed by atoms with van der Waals surface area (Å²) in [7, 11) is -5.07. The Morgan fingerprint density at radius 3 is 1.43 bits per heavy atom. The van der Waals surface area contributed by atoms with E-state index in [0.717, 1.165) is 57.8 Å². The van der Waals surface area contributed by atoms with Crippen molar-refractivity contribution in [2.45, 2.75) is 269 Å². The van der Waals surface area contributed by atoms with E-state index in [9.17, 15) is 33.1 Å². The van der Waals surface area contributed by atoms with E-state index in [1.165, 1.54) is 148 Å². The third-order valence-electron chi connectivity index (χ3n) is 12.4. The first kappa shape index (κ1) is 64.1. The molecule has 68 heavy (non-hydrogen) atoms. The molecule has 1 fully saturated rings. The molecule has 0 bridgehead atoms. The highest BCUT2D eigenvalue weighted by Crippen LogP contribution is 2.26. The zero-order valence-corrected chi connectivity index (χ0v) is 43.7. The molecule has 4 N–H and O–H groups in total. The number of rotatable bonds is 48. The molecule has 0 saturated carbocycles. The van der Waals surface area contributed by atoms with Crippen molar-refractivity contribution in [2.24, 2.45) is 0 Å². The van der Waals surface area contributed by atoms with Gasteiger partial charge in [0.05, 0.1) is 19.8 Å². The SMILES string of the molecule is CCCCCCC/C=C\C/C=C\C/C=C\CCCCCCCCCCC(=O)OC(COCCCCCCCCCC/C=C\CCCCCCCC)COC1OC(CO)C(O)C(OS(=O)(=O)O)C1O. The maximum absolute atomic E-state index is 12.9. The Labute approximate surface area is 415 Å². The number of aliphatic hydroxyl groups excluding tert-OH is 3. The Balaban J connectivity index is 2.34. The molecule has 1 aliphatic heterocycles. The molecule has 0 aromatic rings. The van der Waals surface area contributed by atoms with Gasteiger partial charge >= 0.3 is 16.4 Å². The summed E-state index contributed by atoms with van der Waals surface area (Å²) in [5.74, 6) is -0.406. The lowest BCUT2D eigenvalue weighted by molar-refractivity contribution is -0.301. The van der Waals surface area contributed by atoms with Crippen LogP contribution in [0.1, 0.15) is 232 Å². The van der Waals surface area contributed by atoms with Crippen molar-refractivity contribution in [1.29, 1.82) is 0 Å². The fourth-order valence-corrected chi connectivity index (χ4v) is 8.77. The first-order valence-electron chi connectivity index (χ1n) is 27.4. The zero-order valence-electron chi connectivity index (χ0n) is 42.9. The lowest BCUT2D eigenvalue weighted by atomic mass is 9.99. The van der Waals surface area contributed by atoms with Gasteiger partial charge < -0.3 is 34.3 Å². The monoisotopic (exact) mass is 985 g/mol. The number of carbonyl (C=O) groups is 1. The van der Waals surface area contributed by atoms with Crippen molar-refractivity contribution in [3.05, 3.63) is 48.6 Å². The van der Waals surface area contributed by atoms with Crippen LogP contribution in [0.5, 0.6) is 0 Å². The van der Waals surface area contributed by atoms with Crippen LogP contribution in [0.2, 0.25) is 0 Å². The van der Waals surface area contributed by atoms with E-state index < -0.39 is 59.8 Å². The summed E-state index contributed by atoms with van der Waals surface area (Å²) >= 11 is 0. The van der Waals surface area contributed by atoms with Crippen LogP contribution in [0.25, 0.3) is 0 Å². The van der Waals surface area contributed by atoms with Gasteiger partial charge in [-0.25, -0.2) is 4.18 Å². The molecule has 6 unspecified atom stereocenters. The largest absolute Gasteiger partial charge is 0.457 e. The summed E-state index contributed by atoms with van der Waals surface area (Å²) in [6.07, 6.45) is 48.5. The van der Waals surface area contributed by atoms with E-state index in [0.29, 0.717) is 13.0 Å². The fraction of sp³-hybridized carbons (Fsp3) is 0.836. The molecule has 1 aliphatic rings. The van der Waals surface area contributed by atoms with Crippen LogP contribution in [0.15, 0.2) is 48.6 Å². The van der Waals surface area contributed by atoms with Gasteiger partial charge in [-0.3, -0.25) is 9.35 Å². The molecule has 1 saturated heterocycles. The summed E-state index contributed by atoms with van der Waals surface area (Å²) in [4.78, 5) is 12.9. The smallest absolute Gasteiger partial charge is 0.397 e. The second kappa shape index (κ2) is 46.2. The lowest BCUT2D eigenvalue weighted by Crippen LogP contribution is -2.60. The van der Waals surface area contributed by atoms with Gasteiger partial charge in [0.1, 0.15) is 30.5 Å². The molecular weight excluding hydrogens is 885 g/mol. The minimum absolute atomic E-state index is 0.0308. The zero-order chi connectivity index (χ0) is 49.6. The maximum Gasteiger partial charge on any atom is 0.397 e. The minimum atomic E-state index is -5.07. The van der Waals surface area contributed by atoms with Gasteiger partial charge in [0.15, 0.2) is 6.29 Å². The molecule has 0 aromatic carbocycles. The summed E-state index contributed by atoms with van der Waals surface area (Å²) < 4.78 is 59.3. The standard InChI is InChI=1S/C55H100O12S/c1-3-5-7-9-11-13-15-17-19-21-23-24-25-26-27-28-30-32-34-36-38-40-42-44-51(57)65-49(48-64-55-53(59)54(67-68(60,61)62)52(58)50(46-56)66-55)47-63-45-43-41-39-37-35-33-31-29-22-20-18-16-14-12-10-8-6-4-2/h15,17-18,20-21,23,25-26,49-50,52-56,58-59H,3-14,16,19,22,24,27-48H2,1-2H3,(H,60,61,62)/b17-15-,20-18-,23-21-,26-25-. The Hall–Kier alpha value is -1.94. The van der Waals surface area contributed by atoms with Crippen LogP contribution in [0, 0.1) is 0 Å². The van der Waals surface area contributed by atoms with Crippen molar-refractivity contribution < 1.29 is 56.2 Å². The highest BCUT2D eigenvalue weighted by molar-refractivity contribution is 7.80. The number of allylic oxidation sites excluding steroid dienone is 8. The molecule has 0 radical (unpaired) electrons. The second-order valence-electron chi connectivity index (χ2n) is 18.8. The molecule has 398 valence electrons. The topological polar surface area (TPSA) is 178 Å². The Morgan fingerprint density at radius 1 is 0.559 bits per heavy atom. The Kier molecular flexibility index (Phi) is 43.5. The van der Waals surface area contributed by atoms with Crippen molar-refractivity contribution in [3.8, 4) is 0 Å². The number of ether oxygens (including phenoxy) is 4. The Bertz CT molecular complexity index is 1370. The van der Waals surface area contributed by atoms with Gasteiger partial charge in [-0.1, -0.05) is 197 Å². The van der Waals surface area contributed by atoms with Crippen LogP contribution in [0.3, 0.4) is 0 Å². The van der Waals surface area contributed by atoms with E-state index in [-0.39, 0.29) is 19.6 Å². The predicted molar refractivity (Wildman–Crippen MR) is 276 cm³/mol. The van der Waals surface area contributed by atoms with Crippen LogP contribution >= 0.6 is 0 Å². The average Bonchev–Trinajstić information content (AvgIpc) is 3.31. The maximum atomic E-state index is 12.9. The third kappa shape index (κ3) is 38.8. The van der Waals surface area contributed by atoms with Crippen molar-refractivity contribution >= 4 is 16.4 Å². The van der Waals surface area contributed by atoms with Gasteiger partial charge in [0.2, 0.25) is 0 Å². The Morgan fingerprint density at radius 2 is 0.971 bits per heavy atom. The van der Waals surface area contributed by atoms with E-state index >= 15 is 0 Å². The highest BCUT2D eigenvalue weighted by Gasteiger charge is 2.48. The fourth-order valence-electron chi connectivity index (χ4n) is 8.26. The van der Waals surface area contributed by atoms with Gasteiger partial charge in [-0.05, 0) is 77.0 Å². The minimum Gasteiger partial charge on any atom is -0.457 e. The van der Waals surface area contributed by atoms with Gasteiger partial charge in [-0.15, -0.1) is 0 Å². The first-order chi connectivity index (χ1) is 33.1. The quantitative estimate of drug-likeness (QED) is 0.0197. The predicted octanol–water partition coefficient (Wildman–Crippen LogP) is 13.1. The number of esters is 1. The van der Waals surface area contributed by atoms with Crippen LogP contribution < -0.4 is 0 Å². The van der Waals surface area contributed by atoms with E-state index in [2.05, 4.69) is 66.6 Å². The summed E-state index contributed by atoms with van der Waals surface area (Å²) in [5, 5.41) is 30.8. The second-order valence-corrected chi connectivity index (χ2v) is 19.9. The highest BCUT2D eigenvalue weighted by atomic mass is 32.3. The molecular formula is C55H100O12S. The number of aliphatic hydroxyl groups is 3. The average molecular weight is 985 g/mol. The van der Waals surface area contributed by atoms with Gasteiger partial charge in [0, 0.05) is 13.0 Å². The summed E-state index contributed by atoms with van der Waals surface area (Å²) in [6.45, 7) is 3.99. The van der Waals surface area contributed by atoms with E-state index in [4.69, 9.17) is 18.9 Å². The number of unbranched alkanes of at least 4 members (excludes halogenated alkanes) is 27.